The van der Waals surface area contributed by atoms with E-state index in [0.29, 0.717) is 23.1 Å². The van der Waals surface area contributed by atoms with Gasteiger partial charge in [0.05, 0.1) is 17.9 Å². The highest BCUT2D eigenvalue weighted by molar-refractivity contribution is 6.09. The van der Waals surface area contributed by atoms with Gasteiger partial charge in [0.25, 0.3) is 0 Å². The number of nitrogens with one attached hydrogen (secondary N) is 2. The number of benzene rings is 2. The van der Waals surface area contributed by atoms with E-state index >= 15 is 0 Å². The molecule has 2 N–H and O–H groups in total. The number of hydrogen-bond donors (Lipinski definition) is 2. The summed E-state index contributed by atoms with van der Waals surface area (Å²) in [7, 11) is 3.83. The predicted molar refractivity (Wildman–Crippen MR) is 147 cm³/mol. The molecule has 10 nitrogen and oxygen atoms in total. The molecule has 1 saturated heterocycles. The molecule has 5 rings (SSSR count). The van der Waals surface area contributed by atoms with Crippen LogP contribution in [0.4, 0.5) is 39.3 Å². The summed E-state index contributed by atoms with van der Waals surface area (Å²) in [5.74, 6) is 0.611. The number of carbonyl (C=O) groups is 2. The van der Waals surface area contributed by atoms with Crippen molar-refractivity contribution in [3.63, 3.8) is 0 Å². The number of anilines is 6. The molecule has 0 atom stereocenters. The highest BCUT2D eigenvalue weighted by atomic mass is 16.2. The smallest absolute Gasteiger partial charge is 0.330 e. The first-order valence-corrected chi connectivity index (χ1v) is 12.2. The molecule has 0 aliphatic carbocycles. The van der Waals surface area contributed by atoms with Crippen molar-refractivity contribution >= 4 is 46.5 Å². The third kappa shape index (κ3) is 5.10. The van der Waals surface area contributed by atoms with Crippen LogP contribution in [0.1, 0.15) is 5.56 Å². The highest BCUT2D eigenvalue weighted by Crippen LogP contribution is 2.34. The Hall–Kier alpha value is -4.44. The van der Waals surface area contributed by atoms with Crippen LogP contribution in [0.15, 0.2) is 67.4 Å². The second-order valence-corrected chi connectivity index (χ2v) is 9.14. The van der Waals surface area contributed by atoms with Crippen molar-refractivity contribution in [2.24, 2.45) is 0 Å². The maximum absolute atomic E-state index is 13.3. The van der Waals surface area contributed by atoms with Crippen LogP contribution < -0.4 is 25.3 Å². The van der Waals surface area contributed by atoms with E-state index in [4.69, 9.17) is 0 Å². The molecule has 10 heteroatoms. The first-order valence-electron chi connectivity index (χ1n) is 12.2. The molecule has 0 unspecified atom stereocenters. The molecule has 37 heavy (non-hydrogen) atoms. The van der Waals surface area contributed by atoms with Gasteiger partial charge in [0.15, 0.2) is 0 Å². The maximum atomic E-state index is 13.3. The number of para-hydroxylation sites is 2. The summed E-state index contributed by atoms with van der Waals surface area (Å²) >= 11 is 0. The first-order chi connectivity index (χ1) is 17.9. The molecule has 0 bridgehead atoms. The zero-order valence-corrected chi connectivity index (χ0v) is 21.0. The van der Waals surface area contributed by atoms with Crippen molar-refractivity contribution in [1.82, 2.24) is 14.9 Å². The molecule has 2 aromatic carbocycles. The van der Waals surface area contributed by atoms with E-state index in [-0.39, 0.29) is 18.5 Å². The molecule has 2 aliphatic heterocycles. The van der Waals surface area contributed by atoms with Crippen LogP contribution in [0, 0.1) is 0 Å². The summed E-state index contributed by atoms with van der Waals surface area (Å²) in [5, 5.41) is 6.01. The van der Waals surface area contributed by atoms with Crippen LogP contribution in [0.25, 0.3) is 0 Å². The number of carbonyl (C=O) groups excluding carboxylic acids is 2. The van der Waals surface area contributed by atoms with Crippen molar-refractivity contribution in [2.45, 2.75) is 6.54 Å². The number of hydrogen-bond acceptors (Lipinski definition) is 7. The third-order valence-corrected chi connectivity index (χ3v) is 6.64. The van der Waals surface area contributed by atoms with Crippen molar-refractivity contribution in [3.8, 4) is 0 Å². The number of piperazine rings is 1. The number of nitrogens with zero attached hydrogens (tertiary/aromatic N) is 6. The van der Waals surface area contributed by atoms with Crippen LogP contribution in [-0.4, -0.2) is 67.1 Å². The lowest BCUT2D eigenvalue weighted by atomic mass is 10.1. The summed E-state index contributed by atoms with van der Waals surface area (Å²) in [6.45, 7) is 7.91. The lowest BCUT2D eigenvalue weighted by molar-refractivity contribution is -0.111. The summed E-state index contributed by atoms with van der Waals surface area (Å²) in [6.07, 6.45) is 2.92. The van der Waals surface area contributed by atoms with Gasteiger partial charge in [-0.2, -0.15) is 4.98 Å². The van der Waals surface area contributed by atoms with Crippen molar-refractivity contribution in [3.05, 3.63) is 72.9 Å². The summed E-state index contributed by atoms with van der Waals surface area (Å²) < 4.78 is 0. The second kappa shape index (κ2) is 10.3. The Balaban J connectivity index is 1.32. The lowest BCUT2D eigenvalue weighted by Gasteiger charge is -2.35. The largest absolute Gasteiger partial charge is 0.369 e. The summed E-state index contributed by atoms with van der Waals surface area (Å²) in [6, 6.07) is 15.1. The fourth-order valence-corrected chi connectivity index (χ4v) is 4.51. The van der Waals surface area contributed by atoms with Gasteiger partial charge in [-0.3, -0.25) is 14.6 Å². The normalized spacial score (nSPS) is 15.8. The molecule has 190 valence electrons. The van der Waals surface area contributed by atoms with E-state index in [2.05, 4.69) is 56.2 Å². The zero-order chi connectivity index (χ0) is 25.9. The minimum Gasteiger partial charge on any atom is -0.369 e. The van der Waals surface area contributed by atoms with Crippen molar-refractivity contribution in [2.75, 3.05) is 65.6 Å². The van der Waals surface area contributed by atoms with Gasteiger partial charge in [-0.15, -0.1) is 0 Å². The number of amides is 3. The van der Waals surface area contributed by atoms with Gasteiger partial charge in [-0.05, 0) is 49.5 Å². The molecular weight excluding hydrogens is 468 g/mol. The topological polar surface area (TPSA) is 96.9 Å². The van der Waals surface area contributed by atoms with E-state index in [1.54, 1.807) is 36.3 Å². The van der Waals surface area contributed by atoms with Crippen molar-refractivity contribution in [1.29, 1.82) is 0 Å². The molecule has 1 aromatic heterocycles. The van der Waals surface area contributed by atoms with Crippen LogP contribution in [0.3, 0.4) is 0 Å². The lowest BCUT2D eigenvalue weighted by Crippen LogP contribution is -2.46. The average molecular weight is 499 g/mol. The van der Waals surface area contributed by atoms with E-state index in [0.717, 1.165) is 37.4 Å². The molecule has 0 radical (unpaired) electrons. The van der Waals surface area contributed by atoms with Crippen LogP contribution in [0.5, 0.6) is 0 Å². The number of likely N-dealkylation sites (N-methyl/N-ethyl adjacent to an activating group) is 1. The summed E-state index contributed by atoms with van der Waals surface area (Å²) in [4.78, 5) is 42.1. The van der Waals surface area contributed by atoms with Gasteiger partial charge in [0.2, 0.25) is 11.9 Å². The Kier molecular flexibility index (Phi) is 6.74. The Bertz CT molecular complexity index is 1320. The maximum Gasteiger partial charge on any atom is 0.330 e. The van der Waals surface area contributed by atoms with Crippen LogP contribution >= 0.6 is 0 Å². The minimum absolute atomic E-state index is 0.256. The van der Waals surface area contributed by atoms with Crippen molar-refractivity contribution < 1.29 is 9.59 Å². The van der Waals surface area contributed by atoms with Gasteiger partial charge in [0.1, 0.15) is 5.82 Å². The molecule has 0 saturated carbocycles. The predicted octanol–water partition coefficient (Wildman–Crippen LogP) is 3.67. The molecule has 0 spiro atoms. The van der Waals surface area contributed by atoms with Crippen LogP contribution in [0.2, 0.25) is 0 Å². The Morgan fingerprint density at radius 3 is 2.49 bits per heavy atom. The average Bonchev–Trinajstić information content (AvgIpc) is 2.92. The molecule has 3 amide bonds. The molecule has 3 aromatic rings. The quantitative estimate of drug-likeness (QED) is 0.501. The fraction of sp³-hybridized carbons (Fsp3) is 0.259. The molecule has 3 heterocycles. The molecular formula is C27H30N8O2. The monoisotopic (exact) mass is 498 g/mol. The molecule has 2 aliphatic rings. The Morgan fingerprint density at radius 1 is 1.03 bits per heavy atom. The summed E-state index contributed by atoms with van der Waals surface area (Å²) in [5.41, 5.74) is 3.97. The number of aromatic nitrogens is 2. The third-order valence-electron chi connectivity index (χ3n) is 6.64. The highest BCUT2D eigenvalue weighted by Gasteiger charge is 2.32. The number of rotatable bonds is 6. The van der Waals surface area contributed by atoms with E-state index in [1.807, 2.05) is 18.2 Å². The number of urea groups is 1. The van der Waals surface area contributed by atoms with Gasteiger partial charge in [-0.1, -0.05) is 18.7 Å². The van der Waals surface area contributed by atoms with E-state index in [1.165, 1.54) is 16.7 Å². The van der Waals surface area contributed by atoms with Gasteiger partial charge >= 0.3 is 6.03 Å². The Labute approximate surface area is 216 Å². The van der Waals surface area contributed by atoms with Gasteiger partial charge < -0.3 is 20.4 Å². The standard InChI is InChI=1S/C27H30N8O2/c1-4-24(36)30-22-7-5-6-8-23(22)35-18-19-17-28-26(31-25(19)33(3)27(35)37)29-20-9-11-21(12-10-20)34-15-13-32(2)14-16-34/h4-12,17H,1,13-16,18H2,2-3H3,(H,30,36)(H,28,29,31). The molecule has 1 fully saturated rings. The SMILES string of the molecule is C=CC(=O)Nc1ccccc1N1Cc2cnc(Nc3ccc(N4CCN(C)CC4)cc3)nc2N(C)C1=O. The first kappa shape index (κ1) is 24.3. The van der Waals surface area contributed by atoms with E-state index < -0.39 is 0 Å². The second-order valence-electron chi connectivity index (χ2n) is 9.14. The van der Waals surface area contributed by atoms with Gasteiger partial charge in [0, 0.05) is 56.4 Å². The number of fused-ring (bicyclic) bond motifs is 1. The zero-order valence-electron chi connectivity index (χ0n) is 21.0. The Morgan fingerprint density at radius 2 is 1.76 bits per heavy atom. The fourth-order valence-electron chi connectivity index (χ4n) is 4.51. The van der Waals surface area contributed by atoms with E-state index in [9.17, 15) is 9.59 Å². The van der Waals surface area contributed by atoms with Crippen LogP contribution in [-0.2, 0) is 11.3 Å². The van der Waals surface area contributed by atoms with Gasteiger partial charge in [-0.25, -0.2) is 9.78 Å². The minimum atomic E-state index is -0.346.